The third kappa shape index (κ3) is 2.93. The maximum atomic E-state index is 12.3. The fourth-order valence-corrected chi connectivity index (χ4v) is 2.85. The summed E-state index contributed by atoms with van der Waals surface area (Å²) in [6.07, 6.45) is 0.945. The van der Waals surface area contributed by atoms with E-state index in [0.29, 0.717) is 12.6 Å². The van der Waals surface area contributed by atoms with Gasteiger partial charge in [0.2, 0.25) is 5.91 Å². The molecule has 1 aromatic carbocycles. The van der Waals surface area contributed by atoms with Crippen LogP contribution in [-0.4, -0.2) is 30.4 Å². The number of amides is 1. The maximum Gasteiger partial charge on any atom is 0.227 e. The quantitative estimate of drug-likeness (QED) is 0.930. The average molecular weight is 311 g/mol. The lowest BCUT2D eigenvalue weighted by Crippen LogP contribution is -2.37. The van der Waals surface area contributed by atoms with Crippen molar-refractivity contribution in [3.63, 3.8) is 0 Å². The first kappa shape index (κ1) is 13.6. The van der Waals surface area contributed by atoms with Crippen molar-refractivity contribution in [1.29, 1.82) is 0 Å². The average Bonchev–Trinajstić information content (AvgIpc) is 2.77. The van der Waals surface area contributed by atoms with E-state index in [1.54, 1.807) is 0 Å². The molecule has 0 aromatic heterocycles. The highest BCUT2D eigenvalue weighted by atomic mass is 79.9. The summed E-state index contributed by atoms with van der Waals surface area (Å²) in [5.74, 6) is 0.362. The van der Waals surface area contributed by atoms with Crippen LogP contribution in [-0.2, 0) is 11.3 Å². The molecule has 2 unspecified atom stereocenters. The van der Waals surface area contributed by atoms with Gasteiger partial charge >= 0.3 is 0 Å². The standard InChI is InChI=1S/C14H19BrN2O/c1-10-12(7-8-16-10)14(18)17(2)9-11-5-3-4-6-13(11)15/h3-6,10,12,16H,7-9H2,1-2H3. The molecule has 4 heteroatoms. The smallest absolute Gasteiger partial charge is 0.227 e. The van der Waals surface area contributed by atoms with Crippen LogP contribution in [0.25, 0.3) is 0 Å². The minimum atomic E-state index is 0.123. The van der Waals surface area contributed by atoms with Gasteiger partial charge in [0.05, 0.1) is 5.92 Å². The summed E-state index contributed by atoms with van der Waals surface area (Å²) in [6, 6.07) is 8.33. The Morgan fingerprint density at radius 3 is 2.83 bits per heavy atom. The number of nitrogens with zero attached hydrogens (tertiary/aromatic N) is 1. The summed E-state index contributed by atoms with van der Waals surface area (Å²) >= 11 is 3.52. The molecular weight excluding hydrogens is 292 g/mol. The number of hydrogen-bond acceptors (Lipinski definition) is 2. The molecule has 1 N–H and O–H groups in total. The van der Waals surface area contributed by atoms with Gasteiger partial charge in [-0.25, -0.2) is 0 Å². The third-order valence-corrected chi connectivity index (χ3v) is 4.36. The fourth-order valence-electron chi connectivity index (χ4n) is 2.44. The van der Waals surface area contributed by atoms with Crippen LogP contribution in [0.1, 0.15) is 18.9 Å². The van der Waals surface area contributed by atoms with Gasteiger partial charge in [-0.05, 0) is 31.5 Å². The van der Waals surface area contributed by atoms with Crippen molar-refractivity contribution >= 4 is 21.8 Å². The Bertz CT molecular complexity index is 436. The van der Waals surface area contributed by atoms with Gasteiger partial charge in [0.15, 0.2) is 0 Å². The number of carbonyl (C=O) groups excluding carboxylic acids is 1. The molecule has 1 heterocycles. The Balaban J connectivity index is 2.01. The van der Waals surface area contributed by atoms with Gasteiger partial charge < -0.3 is 10.2 Å². The predicted octanol–water partition coefficient (Wildman–Crippen LogP) is 2.41. The first-order valence-electron chi connectivity index (χ1n) is 6.31. The van der Waals surface area contributed by atoms with E-state index in [-0.39, 0.29) is 11.8 Å². The lowest BCUT2D eigenvalue weighted by Gasteiger charge is -2.23. The van der Waals surface area contributed by atoms with E-state index in [2.05, 4.69) is 28.2 Å². The van der Waals surface area contributed by atoms with Crippen molar-refractivity contribution in [3.05, 3.63) is 34.3 Å². The molecule has 2 rings (SSSR count). The number of carbonyl (C=O) groups is 1. The van der Waals surface area contributed by atoms with Crippen LogP contribution in [0.3, 0.4) is 0 Å². The highest BCUT2D eigenvalue weighted by Gasteiger charge is 2.31. The van der Waals surface area contributed by atoms with Gasteiger partial charge in [-0.3, -0.25) is 4.79 Å². The molecule has 0 bridgehead atoms. The highest BCUT2D eigenvalue weighted by Crippen LogP contribution is 2.21. The molecule has 0 aliphatic carbocycles. The minimum absolute atomic E-state index is 0.123. The Hall–Kier alpha value is -0.870. The van der Waals surface area contributed by atoms with Crippen LogP contribution in [0.2, 0.25) is 0 Å². The van der Waals surface area contributed by atoms with Crippen LogP contribution in [0.5, 0.6) is 0 Å². The van der Waals surface area contributed by atoms with Gasteiger partial charge in [0, 0.05) is 24.1 Å². The Labute approximate surface area is 117 Å². The number of rotatable bonds is 3. The second-order valence-electron chi connectivity index (χ2n) is 4.92. The van der Waals surface area contributed by atoms with Crippen molar-refractivity contribution in [2.45, 2.75) is 25.9 Å². The normalized spacial score (nSPS) is 23.1. The summed E-state index contributed by atoms with van der Waals surface area (Å²) < 4.78 is 1.06. The maximum absolute atomic E-state index is 12.3. The highest BCUT2D eigenvalue weighted by molar-refractivity contribution is 9.10. The zero-order valence-corrected chi connectivity index (χ0v) is 12.4. The van der Waals surface area contributed by atoms with Crippen LogP contribution in [0, 0.1) is 5.92 Å². The summed E-state index contributed by atoms with van der Waals surface area (Å²) in [5.41, 5.74) is 1.15. The molecule has 98 valence electrons. The molecule has 1 saturated heterocycles. The van der Waals surface area contributed by atoms with E-state index < -0.39 is 0 Å². The van der Waals surface area contributed by atoms with E-state index in [4.69, 9.17) is 0 Å². The van der Waals surface area contributed by atoms with Crippen molar-refractivity contribution < 1.29 is 4.79 Å². The number of nitrogens with one attached hydrogen (secondary N) is 1. The molecule has 0 spiro atoms. The number of benzene rings is 1. The lowest BCUT2D eigenvalue weighted by atomic mass is 10.0. The zero-order chi connectivity index (χ0) is 13.1. The lowest BCUT2D eigenvalue weighted by molar-refractivity contribution is -0.134. The second-order valence-corrected chi connectivity index (χ2v) is 5.78. The van der Waals surface area contributed by atoms with E-state index in [9.17, 15) is 4.79 Å². The second kappa shape index (κ2) is 5.85. The molecule has 1 aromatic rings. The Morgan fingerprint density at radius 2 is 2.22 bits per heavy atom. The summed E-state index contributed by atoms with van der Waals surface area (Å²) in [7, 11) is 1.88. The molecule has 3 nitrogen and oxygen atoms in total. The molecule has 2 atom stereocenters. The van der Waals surface area contributed by atoms with Gasteiger partial charge in [0.1, 0.15) is 0 Å². The Kier molecular flexibility index (Phi) is 4.40. The van der Waals surface area contributed by atoms with Gasteiger partial charge in [-0.15, -0.1) is 0 Å². The zero-order valence-electron chi connectivity index (χ0n) is 10.8. The first-order chi connectivity index (χ1) is 8.59. The Morgan fingerprint density at radius 1 is 1.50 bits per heavy atom. The minimum Gasteiger partial charge on any atom is -0.341 e. The van der Waals surface area contributed by atoms with Crippen molar-refractivity contribution in [2.75, 3.05) is 13.6 Å². The van der Waals surface area contributed by atoms with E-state index >= 15 is 0 Å². The molecule has 18 heavy (non-hydrogen) atoms. The summed E-state index contributed by atoms with van der Waals surface area (Å²) in [5, 5.41) is 3.32. The number of hydrogen-bond donors (Lipinski definition) is 1. The summed E-state index contributed by atoms with van der Waals surface area (Å²) in [6.45, 7) is 3.69. The monoisotopic (exact) mass is 310 g/mol. The van der Waals surface area contributed by atoms with Crippen molar-refractivity contribution in [2.24, 2.45) is 5.92 Å². The molecule has 1 aliphatic heterocycles. The number of halogens is 1. The van der Waals surface area contributed by atoms with Crippen molar-refractivity contribution in [3.8, 4) is 0 Å². The van der Waals surface area contributed by atoms with E-state index in [1.807, 2.05) is 36.2 Å². The van der Waals surface area contributed by atoms with Gasteiger partial charge in [-0.1, -0.05) is 34.1 Å². The van der Waals surface area contributed by atoms with Gasteiger partial charge in [-0.2, -0.15) is 0 Å². The molecule has 0 radical (unpaired) electrons. The predicted molar refractivity (Wildman–Crippen MR) is 76.2 cm³/mol. The topological polar surface area (TPSA) is 32.3 Å². The van der Waals surface area contributed by atoms with Crippen LogP contribution in [0.15, 0.2) is 28.7 Å². The molecular formula is C14H19BrN2O. The van der Waals surface area contributed by atoms with Crippen LogP contribution in [0.4, 0.5) is 0 Å². The van der Waals surface area contributed by atoms with Crippen LogP contribution >= 0.6 is 15.9 Å². The SMILES string of the molecule is CC1NCCC1C(=O)N(C)Cc1ccccc1Br. The van der Waals surface area contributed by atoms with Gasteiger partial charge in [0.25, 0.3) is 0 Å². The summed E-state index contributed by atoms with van der Waals surface area (Å²) in [4.78, 5) is 14.2. The van der Waals surface area contributed by atoms with E-state index in [0.717, 1.165) is 23.0 Å². The largest absolute Gasteiger partial charge is 0.341 e. The third-order valence-electron chi connectivity index (χ3n) is 3.58. The van der Waals surface area contributed by atoms with E-state index in [1.165, 1.54) is 0 Å². The first-order valence-corrected chi connectivity index (χ1v) is 7.10. The van der Waals surface area contributed by atoms with Crippen molar-refractivity contribution in [1.82, 2.24) is 10.2 Å². The molecule has 1 fully saturated rings. The molecule has 1 amide bonds. The fraction of sp³-hybridized carbons (Fsp3) is 0.500. The van der Waals surface area contributed by atoms with Crippen LogP contribution < -0.4 is 5.32 Å². The molecule has 1 aliphatic rings. The molecule has 0 saturated carbocycles.